The highest BCUT2D eigenvalue weighted by Gasteiger charge is 2.12. The lowest BCUT2D eigenvalue weighted by Gasteiger charge is -2.17. The average Bonchev–Trinajstić information content (AvgIpc) is 2.93. The van der Waals surface area contributed by atoms with Gasteiger partial charge in [0.15, 0.2) is 0 Å². The molecule has 0 aliphatic rings. The second kappa shape index (κ2) is 7.47. The van der Waals surface area contributed by atoms with Crippen molar-refractivity contribution in [1.29, 1.82) is 0 Å². The standard InChI is InChI=1S/C34H24N2/c1-3-21-7-9-25-13-17-29(27-15-11-23(5-1)31(21)33(25)27)35-19-20-36-30-18-14-26-10-8-22-4-2-6-24-12-16-28(30)34(26)32(22)24/h1-18,35-36H,19-20H2. The molecule has 0 unspecified atom stereocenters. The van der Waals surface area contributed by atoms with E-state index in [0.717, 1.165) is 13.1 Å². The van der Waals surface area contributed by atoms with Crippen LogP contribution in [0.1, 0.15) is 0 Å². The normalized spacial score (nSPS) is 12.1. The van der Waals surface area contributed by atoms with Crippen LogP contribution < -0.4 is 10.6 Å². The maximum Gasteiger partial charge on any atom is 0.0421 e. The summed E-state index contributed by atoms with van der Waals surface area (Å²) >= 11 is 0. The van der Waals surface area contributed by atoms with Gasteiger partial charge >= 0.3 is 0 Å². The van der Waals surface area contributed by atoms with E-state index in [2.05, 4.69) is 120 Å². The Hall–Kier alpha value is -4.56. The van der Waals surface area contributed by atoms with Gasteiger partial charge in [-0.3, -0.25) is 0 Å². The molecule has 36 heavy (non-hydrogen) atoms. The minimum absolute atomic E-state index is 0.839. The van der Waals surface area contributed by atoms with Gasteiger partial charge in [-0.05, 0) is 66.0 Å². The summed E-state index contributed by atoms with van der Waals surface area (Å²) in [4.78, 5) is 0. The Morgan fingerprint density at radius 1 is 0.333 bits per heavy atom. The van der Waals surface area contributed by atoms with Gasteiger partial charge in [0.2, 0.25) is 0 Å². The Bertz CT molecular complexity index is 1870. The summed E-state index contributed by atoms with van der Waals surface area (Å²) in [6.07, 6.45) is 0. The van der Waals surface area contributed by atoms with Crippen molar-refractivity contribution < 1.29 is 0 Å². The van der Waals surface area contributed by atoms with Gasteiger partial charge < -0.3 is 10.6 Å². The largest absolute Gasteiger partial charge is 0.383 e. The Kier molecular flexibility index (Phi) is 4.09. The average molecular weight is 461 g/mol. The van der Waals surface area contributed by atoms with Crippen molar-refractivity contribution in [1.82, 2.24) is 0 Å². The van der Waals surface area contributed by atoms with Crippen LogP contribution in [0.3, 0.4) is 0 Å². The van der Waals surface area contributed by atoms with Crippen molar-refractivity contribution in [3.63, 3.8) is 0 Å². The first-order chi connectivity index (χ1) is 17.8. The van der Waals surface area contributed by atoms with Crippen LogP contribution in [0.25, 0.3) is 64.6 Å². The fourth-order valence-electron chi connectivity index (χ4n) is 6.17. The number of hydrogen-bond donors (Lipinski definition) is 2. The Labute approximate surface area is 208 Å². The molecule has 0 heterocycles. The van der Waals surface area contributed by atoms with Crippen LogP contribution in [-0.4, -0.2) is 13.1 Å². The van der Waals surface area contributed by atoms with E-state index in [9.17, 15) is 0 Å². The highest BCUT2D eigenvalue weighted by molar-refractivity contribution is 6.26. The molecule has 0 spiro atoms. The number of anilines is 2. The van der Waals surface area contributed by atoms with E-state index >= 15 is 0 Å². The minimum Gasteiger partial charge on any atom is -0.383 e. The molecule has 0 radical (unpaired) electrons. The van der Waals surface area contributed by atoms with E-state index in [-0.39, 0.29) is 0 Å². The molecule has 2 heteroatoms. The molecule has 0 fully saturated rings. The quantitative estimate of drug-likeness (QED) is 0.198. The van der Waals surface area contributed by atoms with Gasteiger partial charge in [0.05, 0.1) is 0 Å². The molecule has 0 aliphatic carbocycles. The molecule has 8 aromatic carbocycles. The maximum atomic E-state index is 3.70. The Balaban J connectivity index is 1.10. The first kappa shape index (κ1) is 19.7. The third-order valence-electron chi connectivity index (χ3n) is 7.81. The van der Waals surface area contributed by atoms with Crippen LogP contribution in [0.4, 0.5) is 11.4 Å². The summed E-state index contributed by atoms with van der Waals surface area (Å²) in [6, 6.07) is 40.0. The minimum atomic E-state index is 0.839. The zero-order valence-corrected chi connectivity index (χ0v) is 19.8. The first-order valence-electron chi connectivity index (χ1n) is 12.7. The van der Waals surface area contributed by atoms with Gasteiger partial charge in [0.25, 0.3) is 0 Å². The lowest BCUT2D eigenvalue weighted by molar-refractivity contribution is 1.09. The summed E-state index contributed by atoms with van der Waals surface area (Å²) in [7, 11) is 0. The van der Waals surface area contributed by atoms with E-state index in [1.807, 2.05) is 0 Å². The predicted molar refractivity (Wildman–Crippen MR) is 157 cm³/mol. The fraction of sp³-hybridized carbons (Fsp3) is 0.0588. The molecule has 0 bridgehead atoms. The van der Waals surface area contributed by atoms with Gasteiger partial charge in [0.1, 0.15) is 0 Å². The summed E-state index contributed by atoms with van der Waals surface area (Å²) in [5, 5.41) is 23.2. The van der Waals surface area contributed by atoms with Gasteiger partial charge in [-0.25, -0.2) is 0 Å². The molecular formula is C34H24N2. The van der Waals surface area contributed by atoms with Crippen molar-refractivity contribution in [2.24, 2.45) is 0 Å². The second-order valence-corrected chi connectivity index (χ2v) is 9.79. The van der Waals surface area contributed by atoms with Crippen LogP contribution in [-0.2, 0) is 0 Å². The predicted octanol–water partition coefficient (Wildman–Crippen LogP) is 9.01. The molecule has 0 saturated carbocycles. The summed E-state index contributed by atoms with van der Waals surface area (Å²) in [5.74, 6) is 0. The van der Waals surface area contributed by atoms with Crippen LogP contribution in [0.5, 0.6) is 0 Å². The molecule has 8 rings (SSSR count). The number of benzene rings is 8. The second-order valence-electron chi connectivity index (χ2n) is 9.79. The van der Waals surface area contributed by atoms with Crippen LogP contribution in [0.2, 0.25) is 0 Å². The zero-order chi connectivity index (χ0) is 23.6. The Morgan fingerprint density at radius 2 is 0.667 bits per heavy atom. The topological polar surface area (TPSA) is 24.1 Å². The maximum absolute atomic E-state index is 3.70. The van der Waals surface area contributed by atoms with Crippen molar-refractivity contribution in [3.8, 4) is 0 Å². The smallest absolute Gasteiger partial charge is 0.0421 e. The molecule has 8 aromatic rings. The lowest BCUT2D eigenvalue weighted by atomic mass is 9.93. The van der Waals surface area contributed by atoms with Crippen LogP contribution >= 0.6 is 0 Å². The third kappa shape index (κ3) is 2.79. The highest BCUT2D eigenvalue weighted by Crippen LogP contribution is 2.39. The fourth-order valence-corrected chi connectivity index (χ4v) is 6.17. The molecule has 0 aromatic heterocycles. The Morgan fingerprint density at radius 3 is 1.08 bits per heavy atom. The van der Waals surface area contributed by atoms with E-state index in [4.69, 9.17) is 0 Å². The van der Waals surface area contributed by atoms with E-state index in [1.165, 1.54) is 76.0 Å². The van der Waals surface area contributed by atoms with Crippen molar-refractivity contribution in [2.45, 2.75) is 0 Å². The lowest BCUT2D eigenvalue weighted by Crippen LogP contribution is -2.14. The van der Waals surface area contributed by atoms with Gasteiger partial charge in [-0.1, -0.05) is 97.1 Å². The first-order valence-corrected chi connectivity index (χ1v) is 12.7. The third-order valence-corrected chi connectivity index (χ3v) is 7.81. The van der Waals surface area contributed by atoms with Crippen molar-refractivity contribution in [2.75, 3.05) is 23.7 Å². The van der Waals surface area contributed by atoms with E-state index in [1.54, 1.807) is 0 Å². The van der Waals surface area contributed by atoms with Crippen molar-refractivity contribution >= 4 is 76.0 Å². The van der Waals surface area contributed by atoms with Gasteiger partial charge in [0, 0.05) is 35.2 Å². The van der Waals surface area contributed by atoms with Crippen molar-refractivity contribution in [3.05, 3.63) is 109 Å². The zero-order valence-electron chi connectivity index (χ0n) is 19.8. The molecule has 0 saturated heterocycles. The monoisotopic (exact) mass is 460 g/mol. The molecule has 0 atom stereocenters. The number of rotatable bonds is 5. The van der Waals surface area contributed by atoms with E-state index in [0.29, 0.717) is 0 Å². The number of nitrogens with one attached hydrogen (secondary N) is 2. The van der Waals surface area contributed by atoms with Gasteiger partial charge in [-0.2, -0.15) is 0 Å². The van der Waals surface area contributed by atoms with Gasteiger partial charge in [-0.15, -0.1) is 0 Å². The molecule has 170 valence electrons. The molecule has 2 nitrogen and oxygen atoms in total. The SMILES string of the molecule is c1cc2ccc3ccc(NCCNc4ccc5ccc6cccc7ccc4c5c67)c4ccc(c1)c2c34. The van der Waals surface area contributed by atoms with Crippen LogP contribution in [0.15, 0.2) is 109 Å². The molecular weight excluding hydrogens is 436 g/mol. The highest BCUT2D eigenvalue weighted by atomic mass is 14.9. The van der Waals surface area contributed by atoms with Crippen LogP contribution in [0, 0.1) is 0 Å². The van der Waals surface area contributed by atoms with E-state index < -0.39 is 0 Å². The summed E-state index contributed by atoms with van der Waals surface area (Å²) in [6.45, 7) is 1.68. The number of hydrogen-bond acceptors (Lipinski definition) is 2. The molecule has 0 amide bonds. The molecule has 0 aliphatic heterocycles. The summed E-state index contributed by atoms with van der Waals surface area (Å²) in [5.41, 5.74) is 2.39. The summed E-state index contributed by atoms with van der Waals surface area (Å²) < 4.78 is 0. The molecule has 2 N–H and O–H groups in total.